The van der Waals surface area contributed by atoms with Gasteiger partial charge in [0.2, 0.25) is 5.91 Å². The van der Waals surface area contributed by atoms with E-state index in [9.17, 15) is 4.79 Å². The Morgan fingerprint density at radius 1 is 1.00 bits per heavy atom. The van der Waals surface area contributed by atoms with Crippen molar-refractivity contribution >= 4 is 44.6 Å². The van der Waals surface area contributed by atoms with Crippen LogP contribution in [0.4, 0.5) is 0 Å². The van der Waals surface area contributed by atoms with Crippen molar-refractivity contribution in [1.82, 2.24) is 20.3 Å². The fraction of sp³-hybridized carbons (Fsp3) is 0.0526. The highest BCUT2D eigenvalue weighted by Crippen LogP contribution is 2.21. The van der Waals surface area contributed by atoms with Crippen LogP contribution in [-0.4, -0.2) is 20.9 Å². The van der Waals surface area contributed by atoms with Crippen LogP contribution in [0, 0.1) is 0 Å². The monoisotopic (exact) mass is 346 g/mol. The summed E-state index contributed by atoms with van der Waals surface area (Å²) in [5.41, 5.74) is 3.24. The molecule has 2 heterocycles. The van der Waals surface area contributed by atoms with E-state index < -0.39 is 0 Å². The number of aromatic nitrogens is 3. The van der Waals surface area contributed by atoms with Crippen LogP contribution in [-0.2, 0) is 11.3 Å². The maximum atomic E-state index is 12.0. The SMILES string of the molecule is O=C(/C=C\c1cnc2ccccc2n1)NCc1nc2ccccc2s1. The van der Waals surface area contributed by atoms with Crippen LogP contribution < -0.4 is 5.32 Å². The number of para-hydroxylation sites is 3. The summed E-state index contributed by atoms with van der Waals surface area (Å²) in [7, 11) is 0. The standard InChI is InChI=1S/C19H14N4OS/c24-18(21-12-19-23-16-7-3-4-8-17(16)25-19)10-9-13-11-20-14-5-1-2-6-15(14)22-13/h1-11H,12H2,(H,21,24)/b10-9-. The number of amides is 1. The van der Waals surface area contributed by atoms with E-state index in [0.717, 1.165) is 26.3 Å². The minimum atomic E-state index is -0.186. The van der Waals surface area contributed by atoms with Gasteiger partial charge in [0.25, 0.3) is 0 Å². The summed E-state index contributed by atoms with van der Waals surface area (Å²) in [5, 5.41) is 3.72. The van der Waals surface area contributed by atoms with E-state index >= 15 is 0 Å². The molecule has 6 heteroatoms. The molecule has 5 nitrogen and oxygen atoms in total. The molecule has 0 aliphatic carbocycles. The average molecular weight is 346 g/mol. The normalized spacial score (nSPS) is 11.4. The number of benzene rings is 2. The molecule has 1 N–H and O–H groups in total. The van der Waals surface area contributed by atoms with E-state index in [2.05, 4.69) is 20.3 Å². The third-order valence-corrected chi connectivity index (χ3v) is 4.66. The average Bonchev–Trinajstić information content (AvgIpc) is 3.07. The number of fused-ring (bicyclic) bond motifs is 2. The molecular formula is C19H14N4OS. The first-order valence-corrected chi connectivity index (χ1v) is 8.62. The Labute approximate surface area is 148 Å². The molecule has 0 spiro atoms. The summed E-state index contributed by atoms with van der Waals surface area (Å²) in [6.07, 6.45) is 4.78. The number of nitrogens with one attached hydrogen (secondary N) is 1. The molecule has 2 aromatic carbocycles. The summed E-state index contributed by atoms with van der Waals surface area (Å²) in [6, 6.07) is 15.6. The van der Waals surface area contributed by atoms with E-state index in [1.165, 1.54) is 6.08 Å². The number of rotatable bonds is 4. The molecule has 0 atom stereocenters. The van der Waals surface area contributed by atoms with Crippen LogP contribution in [0.25, 0.3) is 27.3 Å². The lowest BCUT2D eigenvalue weighted by molar-refractivity contribution is -0.116. The molecule has 25 heavy (non-hydrogen) atoms. The number of hydrogen-bond acceptors (Lipinski definition) is 5. The van der Waals surface area contributed by atoms with Crippen molar-refractivity contribution in [2.45, 2.75) is 6.54 Å². The molecule has 4 rings (SSSR count). The molecule has 2 aromatic heterocycles. The van der Waals surface area contributed by atoms with Crippen LogP contribution in [0.3, 0.4) is 0 Å². The molecular weight excluding hydrogens is 332 g/mol. The zero-order chi connectivity index (χ0) is 17.1. The van der Waals surface area contributed by atoms with Gasteiger partial charge in [0.1, 0.15) is 5.01 Å². The Bertz CT molecular complexity index is 1050. The predicted octanol–water partition coefficient (Wildman–Crippen LogP) is 3.57. The van der Waals surface area contributed by atoms with Crippen molar-refractivity contribution in [3.05, 3.63) is 71.5 Å². The van der Waals surface area contributed by atoms with Gasteiger partial charge in [-0.3, -0.25) is 9.78 Å². The van der Waals surface area contributed by atoms with Crippen LogP contribution in [0.15, 0.2) is 60.8 Å². The minimum Gasteiger partial charge on any atom is -0.346 e. The Morgan fingerprint density at radius 3 is 2.60 bits per heavy atom. The first-order valence-electron chi connectivity index (χ1n) is 7.80. The number of nitrogens with zero attached hydrogens (tertiary/aromatic N) is 3. The second kappa shape index (κ2) is 6.78. The number of carbonyl (C=O) groups is 1. The second-order valence-corrected chi connectivity index (χ2v) is 6.53. The molecule has 0 aliphatic rings. The minimum absolute atomic E-state index is 0.186. The van der Waals surface area contributed by atoms with Crippen molar-refractivity contribution in [2.24, 2.45) is 0 Å². The van der Waals surface area contributed by atoms with Gasteiger partial charge in [-0.2, -0.15) is 0 Å². The molecule has 0 radical (unpaired) electrons. The van der Waals surface area contributed by atoms with E-state index in [0.29, 0.717) is 12.2 Å². The third-order valence-electron chi connectivity index (χ3n) is 3.62. The van der Waals surface area contributed by atoms with E-state index in [-0.39, 0.29) is 5.91 Å². The fourth-order valence-electron chi connectivity index (χ4n) is 2.43. The summed E-state index contributed by atoms with van der Waals surface area (Å²) >= 11 is 1.58. The van der Waals surface area contributed by atoms with Crippen molar-refractivity contribution in [3.63, 3.8) is 0 Å². The molecule has 0 saturated carbocycles. The molecule has 0 fully saturated rings. The van der Waals surface area contributed by atoms with Gasteiger partial charge in [-0.05, 0) is 30.3 Å². The van der Waals surface area contributed by atoms with Gasteiger partial charge in [0.15, 0.2) is 0 Å². The van der Waals surface area contributed by atoms with Gasteiger partial charge in [-0.15, -0.1) is 11.3 Å². The molecule has 122 valence electrons. The van der Waals surface area contributed by atoms with Gasteiger partial charge >= 0.3 is 0 Å². The van der Waals surface area contributed by atoms with Gasteiger partial charge < -0.3 is 5.32 Å². The van der Waals surface area contributed by atoms with Gasteiger partial charge in [-0.25, -0.2) is 9.97 Å². The summed E-state index contributed by atoms with van der Waals surface area (Å²) in [4.78, 5) is 25.3. The zero-order valence-corrected chi connectivity index (χ0v) is 14.0. The second-order valence-electron chi connectivity index (χ2n) is 5.41. The zero-order valence-electron chi connectivity index (χ0n) is 13.2. The topological polar surface area (TPSA) is 67.8 Å². The Kier molecular flexibility index (Phi) is 4.18. The highest BCUT2D eigenvalue weighted by molar-refractivity contribution is 7.18. The maximum absolute atomic E-state index is 12.0. The smallest absolute Gasteiger partial charge is 0.244 e. The lowest BCUT2D eigenvalue weighted by Gasteiger charge is -1.99. The Morgan fingerprint density at radius 2 is 1.76 bits per heavy atom. The number of hydrogen-bond donors (Lipinski definition) is 1. The van der Waals surface area contributed by atoms with Crippen molar-refractivity contribution in [1.29, 1.82) is 0 Å². The number of thiazole rings is 1. The molecule has 0 saturated heterocycles. The summed E-state index contributed by atoms with van der Waals surface area (Å²) < 4.78 is 1.12. The van der Waals surface area contributed by atoms with Gasteiger partial charge in [0.05, 0.1) is 39.7 Å². The molecule has 1 amide bonds. The lowest BCUT2D eigenvalue weighted by atomic mass is 10.3. The first kappa shape index (κ1) is 15.4. The largest absolute Gasteiger partial charge is 0.346 e. The van der Waals surface area contributed by atoms with E-state index in [1.807, 2.05) is 48.5 Å². The predicted molar refractivity (Wildman–Crippen MR) is 100 cm³/mol. The van der Waals surface area contributed by atoms with Crippen LogP contribution in [0.1, 0.15) is 10.7 Å². The van der Waals surface area contributed by atoms with Crippen LogP contribution >= 0.6 is 11.3 Å². The molecule has 0 unspecified atom stereocenters. The molecule has 0 bridgehead atoms. The molecule has 0 aliphatic heterocycles. The summed E-state index contributed by atoms with van der Waals surface area (Å²) in [6.45, 7) is 0.409. The van der Waals surface area contributed by atoms with E-state index in [4.69, 9.17) is 0 Å². The quantitative estimate of drug-likeness (QED) is 0.574. The fourth-order valence-corrected chi connectivity index (χ4v) is 3.34. The third kappa shape index (κ3) is 3.54. The van der Waals surface area contributed by atoms with Gasteiger partial charge in [0, 0.05) is 6.08 Å². The molecule has 4 aromatic rings. The summed E-state index contributed by atoms with van der Waals surface area (Å²) in [5.74, 6) is -0.186. The van der Waals surface area contributed by atoms with Gasteiger partial charge in [-0.1, -0.05) is 24.3 Å². The first-order chi connectivity index (χ1) is 12.3. The van der Waals surface area contributed by atoms with Crippen molar-refractivity contribution in [3.8, 4) is 0 Å². The van der Waals surface area contributed by atoms with Crippen molar-refractivity contribution < 1.29 is 4.79 Å². The van der Waals surface area contributed by atoms with Crippen LogP contribution in [0.2, 0.25) is 0 Å². The van der Waals surface area contributed by atoms with Crippen LogP contribution in [0.5, 0.6) is 0 Å². The Balaban J connectivity index is 1.41. The van der Waals surface area contributed by atoms with E-state index in [1.54, 1.807) is 23.6 Å². The highest BCUT2D eigenvalue weighted by Gasteiger charge is 2.04. The highest BCUT2D eigenvalue weighted by atomic mass is 32.1. The maximum Gasteiger partial charge on any atom is 0.244 e. The lowest BCUT2D eigenvalue weighted by Crippen LogP contribution is -2.20. The van der Waals surface area contributed by atoms with Crippen molar-refractivity contribution in [2.75, 3.05) is 0 Å². The number of carbonyl (C=O) groups excluding carboxylic acids is 1. The Hall–Kier alpha value is -3.12.